The van der Waals surface area contributed by atoms with Gasteiger partial charge in [-0.15, -0.1) is 0 Å². The van der Waals surface area contributed by atoms with Crippen LogP contribution in [0.1, 0.15) is 0 Å². The molecule has 6 heteroatoms. The van der Waals surface area contributed by atoms with Crippen molar-refractivity contribution < 1.29 is 8.91 Å². The van der Waals surface area contributed by atoms with Gasteiger partial charge in [0.25, 0.3) is 0 Å². The van der Waals surface area contributed by atoms with Gasteiger partial charge in [0.05, 0.1) is 21.2 Å². The minimum absolute atomic E-state index is 0.145. The summed E-state index contributed by atoms with van der Waals surface area (Å²) in [6.45, 7) is 0. The van der Waals surface area contributed by atoms with Crippen molar-refractivity contribution >= 4 is 29.0 Å². The van der Waals surface area contributed by atoms with E-state index in [2.05, 4.69) is 5.16 Å². The first-order valence-corrected chi connectivity index (χ1v) is 6.79. The normalized spacial score (nSPS) is 10.8. The van der Waals surface area contributed by atoms with Crippen LogP contribution in [-0.4, -0.2) is 5.16 Å². The van der Waals surface area contributed by atoms with E-state index in [4.69, 9.17) is 33.5 Å². The monoisotopic (exact) mass is 322 g/mol. The number of halogens is 3. The summed E-state index contributed by atoms with van der Waals surface area (Å²) in [7, 11) is 0. The van der Waals surface area contributed by atoms with E-state index in [-0.39, 0.29) is 11.6 Å². The summed E-state index contributed by atoms with van der Waals surface area (Å²) in [6, 6.07) is 11.0. The second-order valence-corrected chi connectivity index (χ2v) is 5.19. The molecule has 0 spiro atoms. The van der Waals surface area contributed by atoms with E-state index in [0.29, 0.717) is 32.5 Å². The van der Waals surface area contributed by atoms with E-state index in [1.54, 1.807) is 30.3 Å². The molecule has 0 aliphatic rings. The number of aromatic nitrogens is 1. The molecule has 0 amide bonds. The van der Waals surface area contributed by atoms with Crippen LogP contribution in [0.5, 0.6) is 0 Å². The smallest absolute Gasteiger partial charge is 0.179 e. The Morgan fingerprint density at radius 1 is 1.00 bits per heavy atom. The van der Waals surface area contributed by atoms with Crippen molar-refractivity contribution in [1.82, 2.24) is 5.16 Å². The first-order valence-electron chi connectivity index (χ1n) is 6.03. The highest BCUT2D eigenvalue weighted by Gasteiger charge is 2.22. The van der Waals surface area contributed by atoms with Gasteiger partial charge in [-0.2, -0.15) is 0 Å². The first kappa shape index (κ1) is 13.9. The number of hydrogen-bond acceptors (Lipinski definition) is 3. The highest BCUT2D eigenvalue weighted by atomic mass is 35.5. The molecule has 0 bridgehead atoms. The average Bonchev–Trinajstić information content (AvgIpc) is 2.80. The fraction of sp³-hybridized carbons (Fsp3) is 0. The molecule has 0 atom stereocenters. The largest absolute Gasteiger partial charge is 0.380 e. The summed E-state index contributed by atoms with van der Waals surface area (Å²) in [5.74, 6) is 0.0737. The van der Waals surface area contributed by atoms with Crippen LogP contribution in [0.15, 0.2) is 47.0 Å². The van der Waals surface area contributed by atoms with Crippen molar-refractivity contribution in [3.63, 3.8) is 0 Å². The second kappa shape index (κ2) is 5.39. The van der Waals surface area contributed by atoms with E-state index < -0.39 is 0 Å². The number of rotatable bonds is 2. The van der Waals surface area contributed by atoms with Crippen molar-refractivity contribution in [2.45, 2.75) is 0 Å². The highest BCUT2D eigenvalue weighted by molar-refractivity contribution is 6.39. The molecule has 3 nitrogen and oxygen atoms in total. The molecule has 2 aromatic carbocycles. The topological polar surface area (TPSA) is 52.0 Å². The molecule has 0 radical (unpaired) electrons. The van der Waals surface area contributed by atoms with Crippen LogP contribution in [0.3, 0.4) is 0 Å². The van der Waals surface area contributed by atoms with Crippen molar-refractivity contribution in [2.24, 2.45) is 0 Å². The van der Waals surface area contributed by atoms with Crippen molar-refractivity contribution in [1.29, 1.82) is 0 Å². The Kier molecular flexibility index (Phi) is 3.57. The molecule has 1 aromatic heterocycles. The molecule has 3 rings (SSSR count). The van der Waals surface area contributed by atoms with Crippen LogP contribution in [0.4, 0.5) is 10.2 Å². The number of hydrogen-bond donors (Lipinski definition) is 1. The molecule has 106 valence electrons. The van der Waals surface area contributed by atoms with Gasteiger partial charge in [-0.1, -0.05) is 46.6 Å². The van der Waals surface area contributed by atoms with Gasteiger partial charge >= 0.3 is 0 Å². The Morgan fingerprint density at radius 3 is 2.33 bits per heavy atom. The highest BCUT2D eigenvalue weighted by Crippen LogP contribution is 2.42. The number of anilines is 1. The maximum absolute atomic E-state index is 13.4. The summed E-state index contributed by atoms with van der Waals surface area (Å²) in [6.07, 6.45) is 0. The van der Waals surface area contributed by atoms with Gasteiger partial charge in [0, 0.05) is 0 Å². The van der Waals surface area contributed by atoms with Gasteiger partial charge < -0.3 is 10.3 Å². The lowest BCUT2D eigenvalue weighted by atomic mass is 10.0. The second-order valence-electron chi connectivity index (χ2n) is 4.38. The SMILES string of the molecule is Nc1noc(-c2c(Cl)cccc2Cl)c1-c1cccc(F)c1. The van der Waals surface area contributed by atoms with Gasteiger partial charge in [-0.25, -0.2) is 4.39 Å². The number of benzene rings is 2. The number of nitrogen functional groups attached to an aromatic ring is 1. The van der Waals surface area contributed by atoms with Gasteiger partial charge in [-0.3, -0.25) is 0 Å². The van der Waals surface area contributed by atoms with Crippen LogP contribution < -0.4 is 5.73 Å². The molecule has 0 saturated heterocycles. The zero-order valence-electron chi connectivity index (χ0n) is 10.6. The molecule has 2 N–H and O–H groups in total. The predicted molar refractivity (Wildman–Crippen MR) is 81.8 cm³/mol. The van der Waals surface area contributed by atoms with Crippen molar-refractivity contribution in [3.05, 3.63) is 58.3 Å². The first-order chi connectivity index (χ1) is 10.1. The van der Waals surface area contributed by atoms with Crippen LogP contribution in [0.2, 0.25) is 10.0 Å². The third-order valence-corrected chi connectivity index (χ3v) is 3.65. The zero-order chi connectivity index (χ0) is 15.0. The lowest BCUT2D eigenvalue weighted by molar-refractivity contribution is 0.436. The Balaban J connectivity index is 2.27. The fourth-order valence-corrected chi connectivity index (χ4v) is 2.68. The van der Waals surface area contributed by atoms with Gasteiger partial charge in [0.1, 0.15) is 5.82 Å². The molecule has 0 fully saturated rings. The van der Waals surface area contributed by atoms with E-state index in [1.165, 1.54) is 12.1 Å². The minimum atomic E-state index is -0.385. The summed E-state index contributed by atoms with van der Waals surface area (Å²) < 4.78 is 18.7. The van der Waals surface area contributed by atoms with E-state index in [1.807, 2.05) is 0 Å². The molecular formula is C15H9Cl2FN2O. The Labute approximate surface area is 130 Å². The van der Waals surface area contributed by atoms with Crippen molar-refractivity contribution in [2.75, 3.05) is 5.73 Å². The molecule has 3 aromatic rings. The Bertz CT molecular complexity index is 797. The summed E-state index contributed by atoms with van der Waals surface area (Å²) in [5.41, 5.74) is 7.33. The standard InChI is InChI=1S/C15H9Cl2FN2O/c16-10-5-2-6-11(17)13(10)14-12(15(19)20-21-14)8-3-1-4-9(18)7-8/h1-7H,(H2,19,20). The summed E-state index contributed by atoms with van der Waals surface area (Å²) in [5, 5.41) is 4.54. The number of nitrogens with zero attached hydrogens (tertiary/aromatic N) is 1. The maximum Gasteiger partial charge on any atom is 0.179 e. The van der Waals surface area contributed by atoms with Crippen molar-refractivity contribution in [3.8, 4) is 22.5 Å². The summed E-state index contributed by atoms with van der Waals surface area (Å²) >= 11 is 12.4. The predicted octanol–water partition coefficient (Wildman–Crippen LogP) is 5.04. The molecule has 0 aliphatic heterocycles. The van der Waals surface area contributed by atoms with Crippen LogP contribution in [-0.2, 0) is 0 Å². The van der Waals surface area contributed by atoms with Crippen LogP contribution >= 0.6 is 23.2 Å². The van der Waals surface area contributed by atoms with Crippen LogP contribution in [0, 0.1) is 5.82 Å². The zero-order valence-corrected chi connectivity index (χ0v) is 12.1. The number of nitrogens with two attached hydrogens (primary N) is 1. The van der Waals surface area contributed by atoms with Gasteiger partial charge in [-0.05, 0) is 29.8 Å². The van der Waals surface area contributed by atoms with E-state index >= 15 is 0 Å². The maximum atomic E-state index is 13.4. The Hall–Kier alpha value is -2.04. The fourth-order valence-electron chi connectivity index (χ4n) is 2.11. The van der Waals surface area contributed by atoms with Gasteiger partial charge in [0.2, 0.25) is 0 Å². The van der Waals surface area contributed by atoms with Crippen LogP contribution in [0.25, 0.3) is 22.5 Å². The lowest BCUT2D eigenvalue weighted by Crippen LogP contribution is -1.90. The molecular weight excluding hydrogens is 314 g/mol. The van der Waals surface area contributed by atoms with Gasteiger partial charge in [0.15, 0.2) is 11.6 Å². The summed E-state index contributed by atoms with van der Waals surface area (Å²) in [4.78, 5) is 0. The third kappa shape index (κ3) is 2.48. The molecule has 21 heavy (non-hydrogen) atoms. The quantitative estimate of drug-likeness (QED) is 0.719. The van der Waals surface area contributed by atoms with E-state index in [9.17, 15) is 4.39 Å². The molecule has 0 aliphatic carbocycles. The average molecular weight is 323 g/mol. The Morgan fingerprint density at radius 2 is 1.67 bits per heavy atom. The molecule has 0 unspecified atom stereocenters. The molecule has 1 heterocycles. The molecule has 0 saturated carbocycles. The van der Waals surface area contributed by atoms with E-state index in [0.717, 1.165) is 0 Å². The minimum Gasteiger partial charge on any atom is -0.380 e. The third-order valence-electron chi connectivity index (χ3n) is 3.02. The lowest BCUT2D eigenvalue weighted by Gasteiger charge is -2.06.